The summed E-state index contributed by atoms with van der Waals surface area (Å²) in [5, 5.41) is 0. The maximum Gasteiger partial charge on any atom is 0.128 e. The van der Waals surface area contributed by atoms with Crippen LogP contribution in [0.4, 0.5) is 0 Å². The molecule has 0 aliphatic carbocycles. The number of ether oxygens (including phenoxy) is 1. The minimum atomic E-state index is 0.0225. The summed E-state index contributed by atoms with van der Waals surface area (Å²) in [5.74, 6) is 0.955. The zero-order valence-corrected chi connectivity index (χ0v) is 8.39. The highest BCUT2D eigenvalue weighted by molar-refractivity contribution is 9.10. The first kappa shape index (κ1) is 8.08. The average molecular weight is 228 g/mol. The smallest absolute Gasteiger partial charge is 0.128 e. The van der Waals surface area contributed by atoms with Crippen molar-refractivity contribution in [2.75, 3.05) is 6.61 Å². The van der Waals surface area contributed by atoms with Crippen LogP contribution in [0.25, 0.3) is 0 Å². The predicted molar refractivity (Wildman–Crippen MR) is 51.3 cm³/mol. The van der Waals surface area contributed by atoms with Gasteiger partial charge < -0.3 is 10.5 Å². The Balaban J connectivity index is 2.64. The van der Waals surface area contributed by atoms with E-state index < -0.39 is 0 Å². The molecule has 2 N–H and O–H groups in total. The van der Waals surface area contributed by atoms with Gasteiger partial charge in [0.25, 0.3) is 0 Å². The second kappa shape index (κ2) is 2.75. The standard InChI is InChI=1S/C9H10BrNO/c1-5-2-3-6(10)8-7(11)4-12-9(5)8/h2-3,7H,4,11H2,1H3/t7-/m0/s1. The third kappa shape index (κ3) is 1.04. The molecule has 0 fully saturated rings. The lowest BCUT2D eigenvalue weighted by Crippen LogP contribution is -2.11. The van der Waals surface area contributed by atoms with E-state index in [-0.39, 0.29) is 6.04 Å². The number of aryl methyl sites for hydroxylation is 1. The number of hydrogen-bond acceptors (Lipinski definition) is 2. The Bertz CT molecular complexity index is 325. The lowest BCUT2D eigenvalue weighted by molar-refractivity contribution is 0.331. The summed E-state index contributed by atoms with van der Waals surface area (Å²) in [7, 11) is 0. The van der Waals surface area contributed by atoms with Crippen molar-refractivity contribution >= 4 is 15.9 Å². The van der Waals surface area contributed by atoms with E-state index in [2.05, 4.69) is 15.9 Å². The highest BCUT2D eigenvalue weighted by Crippen LogP contribution is 2.38. The summed E-state index contributed by atoms with van der Waals surface area (Å²) in [4.78, 5) is 0. The third-order valence-corrected chi connectivity index (χ3v) is 2.81. The Morgan fingerprint density at radius 2 is 2.33 bits per heavy atom. The quantitative estimate of drug-likeness (QED) is 0.738. The van der Waals surface area contributed by atoms with Crippen LogP contribution in [0.1, 0.15) is 17.2 Å². The molecule has 3 heteroatoms. The highest BCUT2D eigenvalue weighted by atomic mass is 79.9. The van der Waals surface area contributed by atoms with Crippen LogP contribution < -0.4 is 10.5 Å². The lowest BCUT2D eigenvalue weighted by atomic mass is 10.1. The molecule has 0 unspecified atom stereocenters. The van der Waals surface area contributed by atoms with Gasteiger partial charge in [-0.1, -0.05) is 22.0 Å². The number of benzene rings is 1. The molecule has 0 saturated carbocycles. The number of halogens is 1. The van der Waals surface area contributed by atoms with Crippen molar-refractivity contribution < 1.29 is 4.74 Å². The van der Waals surface area contributed by atoms with Gasteiger partial charge in [0.2, 0.25) is 0 Å². The van der Waals surface area contributed by atoms with Gasteiger partial charge in [-0.3, -0.25) is 0 Å². The molecule has 0 amide bonds. The van der Waals surface area contributed by atoms with E-state index in [0.29, 0.717) is 6.61 Å². The minimum Gasteiger partial charge on any atom is -0.491 e. The zero-order chi connectivity index (χ0) is 8.72. The van der Waals surface area contributed by atoms with Gasteiger partial charge in [-0.15, -0.1) is 0 Å². The Kier molecular flexibility index (Phi) is 1.85. The number of nitrogens with two attached hydrogens (primary N) is 1. The molecule has 12 heavy (non-hydrogen) atoms. The molecule has 0 aromatic heterocycles. The van der Waals surface area contributed by atoms with Crippen LogP contribution in [0.3, 0.4) is 0 Å². The number of hydrogen-bond donors (Lipinski definition) is 1. The van der Waals surface area contributed by atoms with Crippen LogP contribution in [0.2, 0.25) is 0 Å². The van der Waals surface area contributed by atoms with Crippen LogP contribution in [0.15, 0.2) is 16.6 Å². The minimum absolute atomic E-state index is 0.0225. The van der Waals surface area contributed by atoms with E-state index in [9.17, 15) is 0 Å². The van der Waals surface area contributed by atoms with Gasteiger partial charge >= 0.3 is 0 Å². The van der Waals surface area contributed by atoms with Crippen molar-refractivity contribution in [2.45, 2.75) is 13.0 Å². The first-order chi connectivity index (χ1) is 5.70. The third-order valence-electron chi connectivity index (χ3n) is 2.12. The number of fused-ring (bicyclic) bond motifs is 1. The molecular formula is C9H10BrNO. The molecule has 2 nitrogen and oxygen atoms in total. The van der Waals surface area contributed by atoms with Crippen molar-refractivity contribution in [2.24, 2.45) is 5.73 Å². The van der Waals surface area contributed by atoms with Crippen molar-refractivity contribution in [3.05, 3.63) is 27.7 Å². The van der Waals surface area contributed by atoms with Gasteiger partial charge in [0.05, 0.1) is 6.04 Å². The molecule has 1 atom stereocenters. The molecule has 0 bridgehead atoms. The molecule has 1 aliphatic rings. The van der Waals surface area contributed by atoms with Crippen LogP contribution in [0, 0.1) is 6.92 Å². The monoisotopic (exact) mass is 227 g/mol. The van der Waals surface area contributed by atoms with Crippen molar-refractivity contribution in [1.29, 1.82) is 0 Å². The normalized spacial score (nSPS) is 20.4. The van der Waals surface area contributed by atoms with E-state index in [0.717, 1.165) is 21.3 Å². The van der Waals surface area contributed by atoms with Crippen LogP contribution in [0.5, 0.6) is 5.75 Å². The maximum absolute atomic E-state index is 5.86. The van der Waals surface area contributed by atoms with E-state index in [4.69, 9.17) is 10.5 Å². The van der Waals surface area contributed by atoms with Crippen molar-refractivity contribution in [1.82, 2.24) is 0 Å². The Labute approximate surface area is 79.8 Å². The summed E-state index contributed by atoms with van der Waals surface area (Å²) < 4.78 is 6.52. The summed E-state index contributed by atoms with van der Waals surface area (Å²) in [6, 6.07) is 4.07. The maximum atomic E-state index is 5.86. The first-order valence-electron chi connectivity index (χ1n) is 3.87. The summed E-state index contributed by atoms with van der Waals surface area (Å²) in [6.07, 6.45) is 0. The summed E-state index contributed by atoms with van der Waals surface area (Å²) in [5.41, 5.74) is 8.12. The fraction of sp³-hybridized carbons (Fsp3) is 0.333. The van der Waals surface area contributed by atoms with E-state index in [1.54, 1.807) is 0 Å². The fourth-order valence-corrected chi connectivity index (χ4v) is 2.08. The summed E-state index contributed by atoms with van der Waals surface area (Å²) >= 11 is 3.46. The van der Waals surface area contributed by atoms with Gasteiger partial charge in [0, 0.05) is 10.0 Å². The molecule has 64 valence electrons. The van der Waals surface area contributed by atoms with Gasteiger partial charge in [-0.25, -0.2) is 0 Å². The van der Waals surface area contributed by atoms with Gasteiger partial charge in [-0.2, -0.15) is 0 Å². The Morgan fingerprint density at radius 3 is 3.00 bits per heavy atom. The largest absolute Gasteiger partial charge is 0.491 e. The molecule has 1 aliphatic heterocycles. The van der Waals surface area contributed by atoms with Crippen LogP contribution >= 0.6 is 15.9 Å². The molecule has 0 saturated heterocycles. The van der Waals surface area contributed by atoms with Gasteiger partial charge in [-0.05, 0) is 18.6 Å². The lowest BCUT2D eigenvalue weighted by Gasteiger charge is -2.05. The molecule has 1 aromatic carbocycles. The molecule has 0 radical (unpaired) electrons. The Morgan fingerprint density at radius 1 is 1.58 bits per heavy atom. The fourth-order valence-electron chi connectivity index (χ4n) is 1.48. The topological polar surface area (TPSA) is 35.2 Å². The van der Waals surface area contributed by atoms with Gasteiger partial charge in [0.15, 0.2) is 0 Å². The molecule has 1 aromatic rings. The molecule has 2 rings (SSSR count). The zero-order valence-electron chi connectivity index (χ0n) is 6.80. The van der Waals surface area contributed by atoms with Gasteiger partial charge in [0.1, 0.15) is 12.4 Å². The second-order valence-electron chi connectivity index (χ2n) is 3.02. The summed E-state index contributed by atoms with van der Waals surface area (Å²) in [6.45, 7) is 2.63. The predicted octanol–water partition coefficient (Wildman–Crippen LogP) is 2.15. The highest BCUT2D eigenvalue weighted by Gasteiger charge is 2.24. The van der Waals surface area contributed by atoms with Crippen LogP contribution in [-0.4, -0.2) is 6.61 Å². The van der Waals surface area contributed by atoms with Crippen molar-refractivity contribution in [3.8, 4) is 5.75 Å². The van der Waals surface area contributed by atoms with Crippen molar-refractivity contribution in [3.63, 3.8) is 0 Å². The SMILES string of the molecule is Cc1ccc(Br)c2c1OC[C@@H]2N. The van der Waals surface area contributed by atoms with Crippen LogP contribution in [-0.2, 0) is 0 Å². The first-order valence-corrected chi connectivity index (χ1v) is 4.67. The molecular weight excluding hydrogens is 218 g/mol. The molecule has 0 spiro atoms. The number of rotatable bonds is 0. The van der Waals surface area contributed by atoms with E-state index >= 15 is 0 Å². The Hall–Kier alpha value is -0.540. The molecule has 1 heterocycles. The van der Waals surface area contributed by atoms with E-state index in [1.165, 1.54) is 0 Å². The second-order valence-corrected chi connectivity index (χ2v) is 3.88. The van der Waals surface area contributed by atoms with E-state index in [1.807, 2.05) is 19.1 Å². The average Bonchev–Trinajstić information content (AvgIpc) is 2.42.